The minimum atomic E-state index is -0.285. The molecule has 10 heavy (non-hydrogen) atoms. The Morgan fingerprint density at radius 2 is 2.30 bits per heavy atom. The number of carbonyl (C=O) groups excluding carboxylic acids is 1. The summed E-state index contributed by atoms with van der Waals surface area (Å²) < 4.78 is 10.0. The van der Waals surface area contributed by atoms with Gasteiger partial charge in [0.1, 0.15) is 0 Å². The summed E-state index contributed by atoms with van der Waals surface area (Å²) in [5.74, 6) is -0.265. The zero-order chi connectivity index (χ0) is 7.56. The molecule has 0 bridgehead atoms. The Morgan fingerprint density at radius 1 is 1.60 bits per heavy atom. The van der Waals surface area contributed by atoms with Gasteiger partial charge in [-0.15, -0.1) is 0 Å². The smallest absolute Gasteiger partial charge is 0.304 e. The van der Waals surface area contributed by atoms with Crippen molar-refractivity contribution in [1.29, 1.82) is 0 Å². The van der Waals surface area contributed by atoms with E-state index in [-0.39, 0.29) is 18.4 Å². The van der Waals surface area contributed by atoms with E-state index in [4.69, 9.17) is 9.47 Å². The molecule has 1 unspecified atom stereocenters. The highest BCUT2D eigenvalue weighted by Gasteiger charge is 2.23. The van der Waals surface area contributed by atoms with Crippen LogP contribution in [0.5, 0.6) is 0 Å². The minimum Gasteiger partial charge on any atom is -0.436 e. The zero-order valence-corrected chi connectivity index (χ0v) is 6.29. The maximum absolute atomic E-state index is 10.4. The first-order valence-corrected chi connectivity index (χ1v) is 3.51. The van der Waals surface area contributed by atoms with E-state index in [1.807, 2.05) is 6.92 Å². The highest BCUT2D eigenvalue weighted by molar-refractivity contribution is 5.66. The predicted octanol–water partition coefficient (Wildman–Crippen LogP) is 1.07. The summed E-state index contributed by atoms with van der Waals surface area (Å²) in [4.78, 5) is 10.4. The molecule has 0 saturated carbocycles. The molecule has 1 fully saturated rings. The topological polar surface area (TPSA) is 35.5 Å². The average molecular weight is 144 g/mol. The Kier molecular flexibility index (Phi) is 2.27. The van der Waals surface area contributed by atoms with Crippen LogP contribution in [-0.4, -0.2) is 18.4 Å². The van der Waals surface area contributed by atoms with Crippen LogP contribution in [-0.2, 0) is 14.3 Å². The molecule has 0 aromatic heterocycles. The normalized spacial score (nSPS) is 32.2. The number of esters is 1. The van der Waals surface area contributed by atoms with Gasteiger partial charge in [-0.2, -0.15) is 0 Å². The molecule has 0 spiro atoms. The number of hydrogen-bond donors (Lipinski definition) is 0. The van der Waals surface area contributed by atoms with E-state index >= 15 is 0 Å². The molecule has 1 saturated heterocycles. The lowest BCUT2D eigenvalue weighted by atomic mass is 10.3. The molecule has 0 amide bonds. The van der Waals surface area contributed by atoms with E-state index in [1.54, 1.807) is 0 Å². The summed E-state index contributed by atoms with van der Waals surface area (Å²) in [5, 5.41) is 0. The van der Waals surface area contributed by atoms with Crippen molar-refractivity contribution in [2.75, 3.05) is 0 Å². The number of ether oxygens (including phenoxy) is 2. The van der Waals surface area contributed by atoms with Crippen LogP contribution in [0, 0.1) is 0 Å². The Bertz CT molecular complexity index is 133. The standard InChI is InChI=1S/C7H12O3/c1-5-3-4-7(9-5)10-6(2)8/h5,7H,3-4H2,1-2H3/t5-,7?/m1/s1. The van der Waals surface area contributed by atoms with E-state index in [2.05, 4.69) is 0 Å². The van der Waals surface area contributed by atoms with Crippen LogP contribution in [0.3, 0.4) is 0 Å². The summed E-state index contributed by atoms with van der Waals surface area (Å²) in [5.41, 5.74) is 0. The number of carbonyl (C=O) groups is 1. The van der Waals surface area contributed by atoms with Crippen LogP contribution in [0.15, 0.2) is 0 Å². The summed E-state index contributed by atoms with van der Waals surface area (Å²) in [6.07, 6.45) is 1.77. The van der Waals surface area contributed by atoms with E-state index in [0.717, 1.165) is 12.8 Å². The van der Waals surface area contributed by atoms with Gasteiger partial charge < -0.3 is 9.47 Å². The molecule has 0 aliphatic carbocycles. The molecule has 0 aromatic rings. The lowest BCUT2D eigenvalue weighted by molar-refractivity contribution is -0.171. The summed E-state index contributed by atoms with van der Waals surface area (Å²) in [7, 11) is 0. The first-order valence-electron chi connectivity index (χ1n) is 3.51. The largest absolute Gasteiger partial charge is 0.436 e. The van der Waals surface area contributed by atoms with Gasteiger partial charge in [0.2, 0.25) is 6.29 Å². The van der Waals surface area contributed by atoms with Crippen molar-refractivity contribution < 1.29 is 14.3 Å². The molecular weight excluding hydrogens is 132 g/mol. The molecule has 1 rings (SSSR count). The second-order valence-corrected chi connectivity index (χ2v) is 2.56. The van der Waals surface area contributed by atoms with E-state index in [1.165, 1.54) is 6.92 Å². The molecule has 0 N–H and O–H groups in total. The third kappa shape index (κ3) is 1.99. The van der Waals surface area contributed by atoms with Crippen molar-refractivity contribution in [3.8, 4) is 0 Å². The maximum atomic E-state index is 10.4. The fraction of sp³-hybridized carbons (Fsp3) is 0.857. The van der Waals surface area contributed by atoms with Crippen molar-refractivity contribution in [1.82, 2.24) is 0 Å². The average Bonchev–Trinajstić information content (AvgIpc) is 2.13. The molecule has 3 heteroatoms. The van der Waals surface area contributed by atoms with Crippen LogP contribution >= 0.6 is 0 Å². The monoisotopic (exact) mass is 144 g/mol. The molecule has 1 aliphatic rings. The van der Waals surface area contributed by atoms with Crippen molar-refractivity contribution in [3.63, 3.8) is 0 Å². The maximum Gasteiger partial charge on any atom is 0.304 e. The van der Waals surface area contributed by atoms with Crippen LogP contribution in [0.2, 0.25) is 0 Å². The molecule has 58 valence electrons. The highest BCUT2D eigenvalue weighted by atomic mass is 16.7. The van der Waals surface area contributed by atoms with Crippen LogP contribution in [0.1, 0.15) is 26.7 Å². The Morgan fingerprint density at radius 3 is 2.70 bits per heavy atom. The lowest BCUT2D eigenvalue weighted by Crippen LogP contribution is -2.15. The van der Waals surface area contributed by atoms with Crippen molar-refractivity contribution in [2.45, 2.75) is 39.1 Å². The summed E-state index contributed by atoms with van der Waals surface area (Å²) in [6.45, 7) is 3.37. The van der Waals surface area contributed by atoms with Gasteiger partial charge in [-0.1, -0.05) is 0 Å². The molecule has 1 heterocycles. The fourth-order valence-corrected chi connectivity index (χ4v) is 1.04. The third-order valence-electron chi connectivity index (χ3n) is 1.49. The van der Waals surface area contributed by atoms with Gasteiger partial charge in [0, 0.05) is 13.3 Å². The van der Waals surface area contributed by atoms with Gasteiger partial charge in [-0.05, 0) is 13.3 Å². The van der Waals surface area contributed by atoms with Gasteiger partial charge in [0.15, 0.2) is 0 Å². The second kappa shape index (κ2) is 3.01. The third-order valence-corrected chi connectivity index (χ3v) is 1.49. The van der Waals surface area contributed by atoms with E-state index in [9.17, 15) is 4.79 Å². The molecule has 0 aromatic carbocycles. The van der Waals surface area contributed by atoms with Crippen molar-refractivity contribution >= 4 is 5.97 Å². The molecule has 0 radical (unpaired) electrons. The summed E-state index contributed by atoms with van der Waals surface area (Å²) >= 11 is 0. The first kappa shape index (κ1) is 7.54. The molecular formula is C7H12O3. The Balaban J connectivity index is 2.24. The molecule has 3 nitrogen and oxygen atoms in total. The number of rotatable bonds is 1. The van der Waals surface area contributed by atoms with Crippen LogP contribution in [0.4, 0.5) is 0 Å². The van der Waals surface area contributed by atoms with Crippen molar-refractivity contribution in [2.24, 2.45) is 0 Å². The highest BCUT2D eigenvalue weighted by Crippen LogP contribution is 2.19. The first-order chi connectivity index (χ1) is 4.68. The Labute approximate surface area is 60.3 Å². The molecule has 1 aliphatic heterocycles. The van der Waals surface area contributed by atoms with Gasteiger partial charge in [0.25, 0.3) is 0 Å². The fourth-order valence-electron chi connectivity index (χ4n) is 1.04. The minimum absolute atomic E-state index is 0.240. The van der Waals surface area contributed by atoms with Crippen LogP contribution in [0.25, 0.3) is 0 Å². The van der Waals surface area contributed by atoms with Gasteiger partial charge >= 0.3 is 5.97 Å². The van der Waals surface area contributed by atoms with E-state index < -0.39 is 0 Å². The van der Waals surface area contributed by atoms with Gasteiger partial charge in [0.05, 0.1) is 6.10 Å². The quantitative estimate of drug-likeness (QED) is 0.516. The van der Waals surface area contributed by atoms with Crippen LogP contribution < -0.4 is 0 Å². The predicted molar refractivity (Wildman–Crippen MR) is 35.3 cm³/mol. The Hall–Kier alpha value is -0.570. The number of hydrogen-bond acceptors (Lipinski definition) is 3. The van der Waals surface area contributed by atoms with Crippen molar-refractivity contribution in [3.05, 3.63) is 0 Å². The van der Waals surface area contributed by atoms with Gasteiger partial charge in [-0.25, -0.2) is 0 Å². The molecule has 2 atom stereocenters. The SMILES string of the molecule is CC(=O)OC1CC[C@@H](C)O1. The second-order valence-electron chi connectivity index (χ2n) is 2.56. The van der Waals surface area contributed by atoms with Gasteiger partial charge in [-0.3, -0.25) is 4.79 Å². The lowest BCUT2D eigenvalue weighted by Gasteiger charge is -2.09. The van der Waals surface area contributed by atoms with E-state index in [0.29, 0.717) is 0 Å². The zero-order valence-electron chi connectivity index (χ0n) is 6.29. The summed E-state index contributed by atoms with van der Waals surface area (Å²) in [6, 6.07) is 0.